The van der Waals surface area contributed by atoms with Crippen molar-refractivity contribution in [1.82, 2.24) is 15.1 Å². The van der Waals surface area contributed by atoms with Crippen LogP contribution in [0.5, 0.6) is 0 Å². The summed E-state index contributed by atoms with van der Waals surface area (Å²) in [5, 5.41) is 3.54. The lowest BCUT2D eigenvalue weighted by Crippen LogP contribution is -2.59. The van der Waals surface area contributed by atoms with Gasteiger partial charge in [-0.2, -0.15) is 0 Å². The van der Waals surface area contributed by atoms with Crippen LogP contribution >= 0.6 is 11.6 Å². The molecule has 3 amide bonds. The molecule has 240 valence electrons. The quantitative estimate of drug-likeness (QED) is 0.445. The van der Waals surface area contributed by atoms with Crippen LogP contribution in [0.4, 0.5) is 16.2 Å². The van der Waals surface area contributed by atoms with E-state index >= 15 is 0 Å². The number of sulfonamides is 1. The first-order valence-electron chi connectivity index (χ1n) is 14.9. The summed E-state index contributed by atoms with van der Waals surface area (Å²) >= 11 is 6.08. The molecule has 2 N–H and O–H groups in total. The number of carbonyl (C=O) groups is 3. The molecule has 0 bridgehead atoms. The molecule has 13 heteroatoms. The summed E-state index contributed by atoms with van der Waals surface area (Å²) in [6.45, 7) is 7.47. The number of ether oxygens (including phenoxy) is 1. The summed E-state index contributed by atoms with van der Waals surface area (Å²) < 4.78 is 31.9. The normalized spacial score (nSPS) is 18.4. The minimum absolute atomic E-state index is 0.227. The Balaban J connectivity index is 1.49. The fourth-order valence-corrected chi connectivity index (χ4v) is 6.19. The molecule has 0 spiro atoms. The van der Waals surface area contributed by atoms with Crippen molar-refractivity contribution >= 4 is 50.9 Å². The third-order valence-corrected chi connectivity index (χ3v) is 8.38. The second kappa shape index (κ2) is 14.1. The number of hydrogen-bond donors (Lipinski definition) is 2. The van der Waals surface area contributed by atoms with Crippen LogP contribution in [0.15, 0.2) is 48.5 Å². The van der Waals surface area contributed by atoms with Crippen molar-refractivity contribution in [3.63, 3.8) is 0 Å². The second-order valence-electron chi connectivity index (χ2n) is 12.3. The van der Waals surface area contributed by atoms with E-state index in [2.05, 4.69) is 10.0 Å². The maximum absolute atomic E-state index is 14.0. The molecule has 0 radical (unpaired) electrons. The summed E-state index contributed by atoms with van der Waals surface area (Å²) in [5.41, 5.74) is 1.34. The molecular formula is C31H42ClN5O6S. The van der Waals surface area contributed by atoms with Crippen LogP contribution in [0.1, 0.15) is 45.6 Å². The second-order valence-corrected chi connectivity index (χ2v) is 14.5. The highest BCUT2D eigenvalue weighted by Gasteiger charge is 2.37. The summed E-state index contributed by atoms with van der Waals surface area (Å²) in [7, 11) is -3.47. The zero-order valence-electron chi connectivity index (χ0n) is 25.7. The van der Waals surface area contributed by atoms with Gasteiger partial charge in [0, 0.05) is 44.2 Å². The SMILES string of the molecule is CC(C)(C)OC(=O)N1CCCCC1C(=O)NC(Cc1ccc(Cl)cc1)C(=O)N1CCN(c2ccccc2NS(C)(=O)=O)CC1. The molecule has 2 aliphatic heterocycles. The van der Waals surface area contributed by atoms with E-state index in [0.717, 1.165) is 30.3 Å². The van der Waals surface area contributed by atoms with Gasteiger partial charge in [0.25, 0.3) is 0 Å². The van der Waals surface area contributed by atoms with Gasteiger partial charge in [-0.05, 0) is 69.9 Å². The van der Waals surface area contributed by atoms with Gasteiger partial charge in [0.1, 0.15) is 17.7 Å². The van der Waals surface area contributed by atoms with Crippen LogP contribution in [0.25, 0.3) is 0 Å². The van der Waals surface area contributed by atoms with Crippen molar-refractivity contribution in [2.24, 2.45) is 0 Å². The number of carbonyl (C=O) groups excluding carboxylic acids is 3. The molecule has 2 aliphatic rings. The van der Waals surface area contributed by atoms with E-state index in [-0.39, 0.29) is 18.2 Å². The minimum atomic E-state index is -3.47. The average molecular weight is 648 g/mol. The Bertz CT molecular complexity index is 1440. The highest BCUT2D eigenvalue weighted by atomic mass is 35.5. The van der Waals surface area contributed by atoms with Gasteiger partial charge < -0.3 is 19.9 Å². The van der Waals surface area contributed by atoms with Gasteiger partial charge in [-0.3, -0.25) is 19.2 Å². The third kappa shape index (κ3) is 9.25. The first-order chi connectivity index (χ1) is 20.7. The number of nitrogens with zero attached hydrogens (tertiary/aromatic N) is 3. The first-order valence-corrected chi connectivity index (χ1v) is 17.1. The molecule has 2 unspecified atom stereocenters. The Morgan fingerprint density at radius 3 is 2.27 bits per heavy atom. The zero-order chi connectivity index (χ0) is 32.1. The molecule has 2 aromatic carbocycles. The standard InChI is InChI=1S/C31H42ClN5O6S/c1-31(2,3)43-30(40)37-16-8-7-11-27(37)28(38)33-25(21-22-12-14-23(32)15-13-22)29(39)36-19-17-35(18-20-36)26-10-6-5-9-24(26)34-44(4,41)42/h5-6,9-10,12-15,25,27,34H,7-8,11,16-21H2,1-4H3,(H,33,38). The number of benzene rings is 2. The van der Waals surface area contributed by atoms with E-state index in [1.54, 1.807) is 49.9 Å². The summed E-state index contributed by atoms with van der Waals surface area (Å²) in [4.78, 5) is 45.8. The van der Waals surface area contributed by atoms with Crippen LogP contribution in [0, 0.1) is 0 Å². The molecule has 2 atom stereocenters. The predicted molar refractivity (Wildman–Crippen MR) is 171 cm³/mol. The fraction of sp³-hybridized carbons (Fsp3) is 0.516. The number of para-hydroxylation sites is 2. The Kier molecular flexibility index (Phi) is 10.7. The van der Waals surface area contributed by atoms with E-state index in [4.69, 9.17) is 16.3 Å². The maximum atomic E-state index is 14.0. The minimum Gasteiger partial charge on any atom is -0.444 e. The molecule has 0 aliphatic carbocycles. The largest absolute Gasteiger partial charge is 0.444 e. The number of likely N-dealkylation sites (tertiary alicyclic amines) is 1. The van der Waals surface area contributed by atoms with Gasteiger partial charge in [0.05, 0.1) is 17.6 Å². The van der Waals surface area contributed by atoms with Crippen LogP contribution in [-0.4, -0.2) is 92.8 Å². The fourth-order valence-electron chi connectivity index (χ4n) is 5.49. The number of piperidine rings is 1. The van der Waals surface area contributed by atoms with Gasteiger partial charge >= 0.3 is 6.09 Å². The van der Waals surface area contributed by atoms with Crippen molar-refractivity contribution in [3.05, 3.63) is 59.1 Å². The highest BCUT2D eigenvalue weighted by molar-refractivity contribution is 7.92. The number of nitrogens with one attached hydrogen (secondary N) is 2. The van der Waals surface area contributed by atoms with Crippen molar-refractivity contribution in [1.29, 1.82) is 0 Å². The summed E-state index contributed by atoms with van der Waals surface area (Å²) in [6, 6.07) is 12.7. The van der Waals surface area contributed by atoms with Crippen LogP contribution < -0.4 is 14.9 Å². The first kappa shape index (κ1) is 33.4. The molecule has 2 fully saturated rings. The molecule has 0 saturated carbocycles. The Morgan fingerprint density at radius 2 is 1.64 bits per heavy atom. The van der Waals surface area contributed by atoms with Crippen LogP contribution in [-0.2, 0) is 30.8 Å². The Hall–Kier alpha value is -3.51. The summed E-state index contributed by atoms with van der Waals surface area (Å²) in [6.07, 6.45) is 2.85. The van der Waals surface area contributed by atoms with Crippen molar-refractivity contribution in [3.8, 4) is 0 Å². The van der Waals surface area contributed by atoms with E-state index in [1.807, 2.05) is 29.2 Å². The van der Waals surface area contributed by atoms with Gasteiger partial charge in [-0.1, -0.05) is 35.9 Å². The van der Waals surface area contributed by atoms with Gasteiger partial charge in [0.2, 0.25) is 21.8 Å². The molecule has 2 saturated heterocycles. The summed E-state index contributed by atoms with van der Waals surface area (Å²) in [5.74, 6) is -0.614. The van der Waals surface area contributed by atoms with Crippen molar-refractivity contribution in [2.45, 2.75) is 64.1 Å². The number of piperazine rings is 1. The number of rotatable bonds is 8. The van der Waals surface area contributed by atoms with E-state index < -0.39 is 33.8 Å². The van der Waals surface area contributed by atoms with Crippen LogP contribution in [0.2, 0.25) is 5.02 Å². The molecule has 11 nitrogen and oxygen atoms in total. The molecule has 4 rings (SSSR count). The van der Waals surface area contributed by atoms with Crippen LogP contribution in [0.3, 0.4) is 0 Å². The van der Waals surface area contributed by atoms with Crippen molar-refractivity contribution < 1.29 is 27.5 Å². The smallest absolute Gasteiger partial charge is 0.410 e. The molecular weight excluding hydrogens is 606 g/mol. The number of anilines is 2. The third-order valence-electron chi connectivity index (χ3n) is 7.53. The predicted octanol–water partition coefficient (Wildman–Crippen LogP) is 3.88. The lowest BCUT2D eigenvalue weighted by atomic mass is 10.00. The van der Waals surface area contributed by atoms with Gasteiger partial charge in [-0.25, -0.2) is 13.2 Å². The number of amides is 3. The maximum Gasteiger partial charge on any atom is 0.410 e. The van der Waals surface area contributed by atoms with E-state index in [1.165, 1.54) is 4.90 Å². The van der Waals surface area contributed by atoms with E-state index in [9.17, 15) is 22.8 Å². The molecule has 2 heterocycles. The lowest BCUT2D eigenvalue weighted by molar-refractivity contribution is -0.138. The lowest BCUT2D eigenvalue weighted by Gasteiger charge is -2.39. The highest BCUT2D eigenvalue weighted by Crippen LogP contribution is 2.28. The Morgan fingerprint density at radius 1 is 0.977 bits per heavy atom. The van der Waals surface area contributed by atoms with Gasteiger partial charge in [-0.15, -0.1) is 0 Å². The zero-order valence-corrected chi connectivity index (χ0v) is 27.3. The number of halogens is 1. The van der Waals surface area contributed by atoms with Crippen molar-refractivity contribution in [2.75, 3.05) is 48.6 Å². The molecule has 0 aromatic heterocycles. The molecule has 2 aromatic rings. The van der Waals surface area contributed by atoms with Gasteiger partial charge in [0.15, 0.2) is 0 Å². The molecule has 44 heavy (non-hydrogen) atoms. The monoisotopic (exact) mass is 647 g/mol. The Labute approximate surface area is 264 Å². The topological polar surface area (TPSA) is 128 Å². The average Bonchev–Trinajstić information content (AvgIpc) is 2.96. The van der Waals surface area contributed by atoms with E-state index in [0.29, 0.717) is 49.9 Å². The number of hydrogen-bond acceptors (Lipinski definition) is 7.